The van der Waals surface area contributed by atoms with Gasteiger partial charge in [-0.1, -0.05) is 48.0 Å². The van der Waals surface area contributed by atoms with Crippen molar-refractivity contribution in [3.63, 3.8) is 0 Å². The van der Waals surface area contributed by atoms with Gasteiger partial charge in [0.05, 0.1) is 0 Å². The number of halogens is 2. The van der Waals surface area contributed by atoms with Crippen LogP contribution in [0.15, 0.2) is 48.5 Å². The van der Waals surface area contributed by atoms with Crippen LogP contribution in [-0.2, 0) is 12.8 Å². The van der Waals surface area contributed by atoms with Crippen molar-refractivity contribution in [2.45, 2.75) is 31.6 Å². The molecule has 19 heavy (non-hydrogen) atoms. The molecule has 0 spiro atoms. The lowest BCUT2D eigenvalue weighted by molar-refractivity contribution is 0.741. The molecule has 0 fully saturated rings. The summed E-state index contributed by atoms with van der Waals surface area (Å²) < 4.78 is 0. The molecule has 0 aliphatic rings. The molecule has 2 aromatic rings. The molecule has 0 aliphatic carbocycles. The standard InChI is InChI=1S/C17H18Cl2/c1-13-4-2-3-5-15(13)8-11-17(19)12-14-6-9-16(18)10-7-14/h2-7,9-10,17H,8,11-12H2,1H3. The van der Waals surface area contributed by atoms with Crippen LogP contribution in [0.3, 0.4) is 0 Å². The highest BCUT2D eigenvalue weighted by Gasteiger charge is 2.07. The summed E-state index contributed by atoms with van der Waals surface area (Å²) in [5.41, 5.74) is 3.98. The number of alkyl halides is 1. The van der Waals surface area contributed by atoms with Gasteiger partial charge in [-0.2, -0.15) is 0 Å². The minimum absolute atomic E-state index is 0.167. The number of benzene rings is 2. The maximum absolute atomic E-state index is 6.42. The van der Waals surface area contributed by atoms with E-state index in [0.717, 1.165) is 24.3 Å². The van der Waals surface area contributed by atoms with Gasteiger partial charge in [0.2, 0.25) is 0 Å². The van der Waals surface area contributed by atoms with Gasteiger partial charge in [-0.05, 0) is 55.0 Å². The van der Waals surface area contributed by atoms with E-state index in [2.05, 4.69) is 31.2 Å². The Morgan fingerprint density at radius 1 is 1.00 bits per heavy atom. The quantitative estimate of drug-likeness (QED) is 0.645. The van der Waals surface area contributed by atoms with Crippen LogP contribution in [0.5, 0.6) is 0 Å². The summed E-state index contributed by atoms with van der Waals surface area (Å²) in [6.07, 6.45) is 2.92. The zero-order valence-corrected chi connectivity index (χ0v) is 12.6. The molecule has 0 amide bonds. The van der Waals surface area contributed by atoms with Crippen molar-refractivity contribution < 1.29 is 0 Å². The maximum atomic E-state index is 6.42. The van der Waals surface area contributed by atoms with Crippen LogP contribution in [0.2, 0.25) is 5.02 Å². The second-order valence-electron chi connectivity index (χ2n) is 4.89. The first-order chi connectivity index (χ1) is 9.15. The SMILES string of the molecule is Cc1ccccc1CCC(Cl)Cc1ccc(Cl)cc1. The highest BCUT2D eigenvalue weighted by molar-refractivity contribution is 6.30. The molecule has 0 saturated carbocycles. The molecule has 0 N–H and O–H groups in total. The van der Waals surface area contributed by atoms with E-state index in [9.17, 15) is 0 Å². The van der Waals surface area contributed by atoms with Gasteiger partial charge in [-0.15, -0.1) is 11.6 Å². The van der Waals surface area contributed by atoms with Crippen LogP contribution >= 0.6 is 23.2 Å². The third kappa shape index (κ3) is 4.56. The molecule has 2 aromatic carbocycles. The monoisotopic (exact) mass is 292 g/mol. The van der Waals surface area contributed by atoms with Crippen LogP contribution in [0, 0.1) is 6.92 Å². The molecule has 2 rings (SSSR count). The first kappa shape index (κ1) is 14.4. The van der Waals surface area contributed by atoms with Crippen LogP contribution in [-0.4, -0.2) is 5.38 Å². The highest BCUT2D eigenvalue weighted by Crippen LogP contribution is 2.18. The lowest BCUT2D eigenvalue weighted by atomic mass is 10.0. The Kier molecular flexibility index (Phi) is 5.30. The van der Waals surface area contributed by atoms with Gasteiger partial charge in [0.25, 0.3) is 0 Å². The molecule has 0 bridgehead atoms. The predicted molar refractivity (Wildman–Crippen MR) is 84.3 cm³/mol. The molecule has 1 unspecified atom stereocenters. The van der Waals surface area contributed by atoms with Gasteiger partial charge in [-0.25, -0.2) is 0 Å². The summed E-state index contributed by atoms with van der Waals surface area (Å²) in [6, 6.07) is 16.4. The third-order valence-corrected chi connectivity index (χ3v) is 3.98. The summed E-state index contributed by atoms with van der Waals surface area (Å²) in [7, 11) is 0. The van der Waals surface area contributed by atoms with Gasteiger partial charge >= 0.3 is 0 Å². The van der Waals surface area contributed by atoms with Crippen LogP contribution < -0.4 is 0 Å². The van der Waals surface area contributed by atoms with Crippen molar-refractivity contribution in [2.24, 2.45) is 0 Å². The summed E-state index contributed by atoms with van der Waals surface area (Å²) in [4.78, 5) is 0. The van der Waals surface area contributed by atoms with Crippen molar-refractivity contribution >= 4 is 23.2 Å². The van der Waals surface area contributed by atoms with E-state index in [1.54, 1.807) is 0 Å². The van der Waals surface area contributed by atoms with E-state index in [1.165, 1.54) is 16.7 Å². The Morgan fingerprint density at radius 2 is 1.68 bits per heavy atom. The van der Waals surface area contributed by atoms with Crippen molar-refractivity contribution in [3.05, 3.63) is 70.2 Å². The van der Waals surface area contributed by atoms with E-state index in [1.807, 2.05) is 24.3 Å². The van der Waals surface area contributed by atoms with Gasteiger partial charge in [0.1, 0.15) is 0 Å². The first-order valence-electron chi connectivity index (χ1n) is 6.58. The highest BCUT2D eigenvalue weighted by atomic mass is 35.5. The minimum atomic E-state index is 0.167. The zero-order chi connectivity index (χ0) is 13.7. The normalized spacial score (nSPS) is 12.4. The molecular weight excluding hydrogens is 275 g/mol. The summed E-state index contributed by atoms with van der Waals surface area (Å²) in [5.74, 6) is 0. The molecule has 0 heterocycles. The number of hydrogen-bond acceptors (Lipinski definition) is 0. The Morgan fingerprint density at radius 3 is 2.37 bits per heavy atom. The fourth-order valence-electron chi connectivity index (χ4n) is 2.18. The molecule has 0 saturated heterocycles. The summed E-state index contributed by atoms with van der Waals surface area (Å²) >= 11 is 12.3. The Hall–Kier alpha value is -0.980. The second kappa shape index (κ2) is 6.98. The minimum Gasteiger partial charge on any atom is -0.123 e. The van der Waals surface area contributed by atoms with Gasteiger partial charge < -0.3 is 0 Å². The van der Waals surface area contributed by atoms with Gasteiger partial charge in [-0.3, -0.25) is 0 Å². The second-order valence-corrected chi connectivity index (χ2v) is 5.95. The topological polar surface area (TPSA) is 0 Å². The number of rotatable bonds is 5. The van der Waals surface area contributed by atoms with Crippen molar-refractivity contribution in [2.75, 3.05) is 0 Å². The molecule has 0 aromatic heterocycles. The predicted octanol–water partition coefficient (Wildman–Crippen LogP) is 5.43. The van der Waals surface area contributed by atoms with Crippen LogP contribution in [0.4, 0.5) is 0 Å². The first-order valence-corrected chi connectivity index (χ1v) is 7.39. The van der Waals surface area contributed by atoms with Gasteiger partial charge in [0.15, 0.2) is 0 Å². The zero-order valence-electron chi connectivity index (χ0n) is 11.1. The average Bonchev–Trinajstić information content (AvgIpc) is 2.40. The third-order valence-electron chi connectivity index (χ3n) is 3.36. The summed E-state index contributed by atoms with van der Waals surface area (Å²) in [6.45, 7) is 2.15. The maximum Gasteiger partial charge on any atom is 0.0406 e. The fraction of sp³-hybridized carbons (Fsp3) is 0.294. The van der Waals surface area contributed by atoms with Gasteiger partial charge in [0, 0.05) is 10.4 Å². The van der Waals surface area contributed by atoms with E-state index < -0.39 is 0 Å². The number of hydrogen-bond donors (Lipinski definition) is 0. The van der Waals surface area contributed by atoms with Crippen molar-refractivity contribution in [1.29, 1.82) is 0 Å². The van der Waals surface area contributed by atoms with Crippen molar-refractivity contribution in [1.82, 2.24) is 0 Å². The summed E-state index contributed by atoms with van der Waals surface area (Å²) in [5, 5.41) is 0.940. The molecule has 0 radical (unpaired) electrons. The fourth-order valence-corrected chi connectivity index (χ4v) is 2.59. The van der Waals surface area contributed by atoms with Crippen LogP contribution in [0.1, 0.15) is 23.1 Å². The molecular formula is C17H18Cl2. The molecule has 2 heteroatoms. The Bertz CT molecular complexity index is 517. The van der Waals surface area contributed by atoms with Crippen molar-refractivity contribution in [3.8, 4) is 0 Å². The number of aryl methyl sites for hydroxylation is 2. The molecule has 100 valence electrons. The lowest BCUT2D eigenvalue weighted by Crippen LogP contribution is -2.05. The Balaban J connectivity index is 1.86. The van der Waals surface area contributed by atoms with E-state index >= 15 is 0 Å². The molecule has 0 nitrogen and oxygen atoms in total. The molecule has 1 atom stereocenters. The van der Waals surface area contributed by atoms with E-state index in [-0.39, 0.29) is 5.38 Å². The smallest absolute Gasteiger partial charge is 0.0406 e. The molecule has 0 aliphatic heterocycles. The largest absolute Gasteiger partial charge is 0.123 e. The van der Waals surface area contributed by atoms with E-state index in [0.29, 0.717) is 0 Å². The Labute approximate surface area is 125 Å². The average molecular weight is 293 g/mol. The van der Waals surface area contributed by atoms with Crippen LogP contribution in [0.25, 0.3) is 0 Å². The lowest BCUT2D eigenvalue weighted by Gasteiger charge is -2.11. The van der Waals surface area contributed by atoms with E-state index in [4.69, 9.17) is 23.2 Å².